The van der Waals surface area contributed by atoms with Gasteiger partial charge in [-0.3, -0.25) is 10.1 Å². The first kappa shape index (κ1) is 21.5. The van der Waals surface area contributed by atoms with E-state index >= 15 is 0 Å². The minimum absolute atomic E-state index is 0.182. The lowest BCUT2D eigenvalue weighted by Gasteiger charge is -2.07. The number of hydrogen-bond acceptors (Lipinski definition) is 7. The van der Waals surface area contributed by atoms with Crippen molar-refractivity contribution in [1.29, 1.82) is 0 Å². The first-order chi connectivity index (χ1) is 14.7. The van der Waals surface area contributed by atoms with Gasteiger partial charge in [0.2, 0.25) is 0 Å². The van der Waals surface area contributed by atoms with Gasteiger partial charge >= 0.3 is 0 Å². The standard InChI is InChI=1S/C20H16N4O2S2.C2H6/c1-26-16-10-6-5-9-14(16)22-20-23-15(12-27-20)17-11-21-19(28-17)24-18(25)13-7-3-2-4-8-13;1-2/h2-12H,1H3,(H,22,23)(H,21,24,25);1-2H3. The monoisotopic (exact) mass is 438 g/mol. The Kier molecular flexibility index (Phi) is 7.53. The summed E-state index contributed by atoms with van der Waals surface area (Å²) >= 11 is 2.88. The topological polar surface area (TPSA) is 76.1 Å². The number of thiazole rings is 2. The molecule has 2 aromatic heterocycles. The van der Waals surface area contributed by atoms with E-state index in [1.54, 1.807) is 25.4 Å². The summed E-state index contributed by atoms with van der Waals surface area (Å²) < 4.78 is 5.35. The number of amides is 1. The van der Waals surface area contributed by atoms with Crippen molar-refractivity contribution in [3.05, 3.63) is 71.7 Å². The molecule has 0 unspecified atom stereocenters. The van der Waals surface area contributed by atoms with E-state index in [0.717, 1.165) is 27.1 Å². The molecule has 2 N–H and O–H groups in total. The average molecular weight is 439 g/mol. The molecule has 4 aromatic rings. The fourth-order valence-electron chi connectivity index (χ4n) is 2.52. The lowest BCUT2D eigenvalue weighted by atomic mass is 10.2. The Hall–Kier alpha value is -3.23. The number of aromatic nitrogens is 2. The zero-order chi connectivity index (χ0) is 21.3. The Morgan fingerprint density at radius 3 is 2.50 bits per heavy atom. The first-order valence-corrected chi connectivity index (χ1v) is 11.1. The number of nitrogens with zero attached hydrogens (tertiary/aromatic N) is 2. The minimum atomic E-state index is -0.182. The highest BCUT2D eigenvalue weighted by atomic mass is 32.1. The number of hydrogen-bond donors (Lipinski definition) is 2. The summed E-state index contributed by atoms with van der Waals surface area (Å²) in [7, 11) is 1.64. The zero-order valence-electron chi connectivity index (χ0n) is 16.9. The van der Waals surface area contributed by atoms with E-state index in [-0.39, 0.29) is 5.91 Å². The molecule has 0 radical (unpaired) electrons. The molecule has 0 aliphatic heterocycles. The van der Waals surface area contributed by atoms with Gasteiger partial charge in [-0.15, -0.1) is 11.3 Å². The second-order valence-corrected chi connectivity index (χ2v) is 7.60. The van der Waals surface area contributed by atoms with Gasteiger partial charge in [-0.1, -0.05) is 55.5 Å². The molecule has 0 atom stereocenters. The maximum atomic E-state index is 12.2. The molecule has 0 spiro atoms. The molecule has 154 valence electrons. The van der Waals surface area contributed by atoms with E-state index in [2.05, 4.69) is 20.6 Å². The highest BCUT2D eigenvalue weighted by molar-refractivity contribution is 7.19. The number of para-hydroxylation sites is 2. The van der Waals surface area contributed by atoms with Crippen molar-refractivity contribution in [1.82, 2.24) is 9.97 Å². The van der Waals surface area contributed by atoms with Crippen LogP contribution < -0.4 is 15.4 Å². The van der Waals surface area contributed by atoms with Gasteiger partial charge in [-0.25, -0.2) is 9.97 Å². The van der Waals surface area contributed by atoms with Gasteiger partial charge in [0.1, 0.15) is 5.75 Å². The molecule has 0 bridgehead atoms. The van der Waals surface area contributed by atoms with Gasteiger partial charge in [0, 0.05) is 17.1 Å². The van der Waals surface area contributed by atoms with Crippen LogP contribution in [0.25, 0.3) is 10.6 Å². The first-order valence-electron chi connectivity index (χ1n) is 9.41. The van der Waals surface area contributed by atoms with E-state index in [1.165, 1.54) is 22.7 Å². The summed E-state index contributed by atoms with van der Waals surface area (Å²) in [4.78, 5) is 22.0. The smallest absolute Gasteiger partial charge is 0.257 e. The van der Waals surface area contributed by atoms with Gasteiger partial charge in [0.15, 0.2) is 10.3 Å². The van der Waals surface area contributed by atoms with Crippen molar-refractivity contribution >= 4 is 44.5 Å². The quantitative estimate of drug-likeness (QED) is 0.370. The number of rotatable bonds is 6. The van der Waals surface area contributed by atoms with Crippen molar-refractivity contribution in [3.8, 4) is 16.3 Å². The Morgan fingerprint density at radius 2 is 1.73 bits per heavy atom. The van der Waals surface area contributed by atoms with E-state index in [0.29, 0.717) is 10.7 Å². The van der Waals surface area contributed by atoms with Gasteiger partial charge in [-0.2, -0.15) is 0 Å². The van der Waals surface area contributed by atoms with Crippen LogP contribution in [0.1, 0.15) is 24.2 Å². The molecule has 30 heavy (non-hydrogen) atoms. The molecule has 2 aromatic carbocycles. The third kappa shape index (κ3) is 5.22. The van der Waals surface area contributed by atoms with Crippen LogP contribution in [0.5, 0.6) is 5.75 Å². The van der Waals surface area contributed by atoms with Crippen LogP contribution in [0.2, 0.25) is 0 Å². The third-order valence-electron chi connectivity index (χ3n) is 3.87. The summed E-state index contributed by atoms with van der Waals surface area (Å²) in [5.41, 5.74) is 2.25. The second kappa shape index (κ2) is 10.5. The molecule has 6 nitrogen and oxygen atoms in total. The van der Waals surface area contributed by atoms with Gasteiger partial charge in [-0.05, 0) is 24.3 Å². The van der Waals surface area contributed by atoms with E-state index in [9.17, 15) is 4.79 Å². The Bertz CT molecular complexity index is 1090. The summed E-state index contributed by atoms with van der Waals surface area (Å²) in [6.45, 7) is 4.00. The normalized spacial score (nSPS) is 9.97. The average Bonchev–Trinajstić information content (AvgIpc) is 3.46. The molecule has 4 rings (SSSR count). The summed E-state index contributed by atoms with van der Waals surface area (Å²) in [6.07, 6.45) is 1.72. The van der Waals surface area contributed by atoms with Crippen molar-refractivity contribution in [2.24, 2.45) is 0 Å². The zero-order valence-corrected chi connectivity index (χ0v) is 18.5. The van der Waals surface area contributed by atoms with E-state index in [1.807, 2.05) is 61.7 Å². The number of carbonyl (C=O) groups is 1. The highest BCUT2D eigenvalue weighted by Gasteiger charge is 2.12. The maximum Gasteiger partial charge on any atom is 0.257 e. The van der Waals surface area contributed by atoms with E-state index < -0.39 is 0 Å². The lowest BCUT2D eigenvalue weighted by Crippen LogP contribution is -2.11. The fraction of sp³-hybridized carbons (Fsp3) is 0.136. The molecule has 0 aliphatic rings. The van der Waals surface area contributed by atoms with Gasteiger partial charge < -0.3 is 10.1 Å². The van der Waals surface area contributed by atoms with Crippen molar-refractivity contribution < 1.29 is 9.53 Å². The second-order valence-electron chi connectivity index (χ2n) is 5.71. The number of carbonyl (C=O) groups excluding carboxylic acids is 1. The third-order valence-corrected chi connectivity index (χ3v) is 5.56. The Labute approximate surface area is 183 Å². The molecular weight excluding hydrogens is 416 g/mol. The van der Waals surface area contributed by atoms with Crippen molar-refractivity contribution in [2.45, 2.75) is 13.8 Å². The van der Waals surface area contributed by atoms with E-state index in [4.69, 9.17) is 4.74 Å². The summed E-state index contributed by atoms with van der Waals surface area (Å²) in [5.74, 6) is 0.571. The van der Waals surface area contributed by atoms with Crippen LogP contribution in [0, 0.1) is 0 Å². The lowest BCUT2D eigenvalue weighted by molar-refractivity contribution is 0.102. The van der Waals surface area contributed by atoms with Crippen LogP contribution in [-0.4, -0.2) is 23.0 Å². The predicted molar refractivity (Wildman–Crippen MR) is 125 cm³/mol. The molecule has 1 amide bonds. The number of methoxy groups -OCH3 is 1. The number of ether oxygens (including phenoxy) is 1. The molecule has 0 fully saturated rings. The minimum Gasteiger partial charge on any atom is -0.495 e. The Balaban J connectivity index is 0.00000124. The number of benzene rings is 2. The van der Waals surface area contributed by atoms with Crippen LogP contribution in [0.4, 0.5) is 16.0 Å². The van der Waals surface area contributed by atoms with Crippen molar-refractivity contribution in [2.75, 3.05) is 17.7 Å². The van der Waals surface area contributed by atoms with Crippen LogP contribution in [0.15, 0.2) is 66.2 Å². The molecule has 0 saturated heterocycles. The SMILES string of the molecule is CC.COc1ccccc1Nc1nc(-c2cnc(NC(=O)c3ccccc3)s2)cs1. The molecule has 2 heterocycles. The fourth-order valence-corrected chi connectivity index (χ4v) is 4.09. The summed E-state index contributed by atoms with van der Waals surface area (Å²) in [5, 5.41) is 9.34. The maximum absolute atomic E-state index is 12.2. The largest absolute Gasteiger partial charge is 0.495 e. The predicted octanol–water partition coefficient (Wildman–Crippen LogP) is 6.30. The van der Waals surface area contributed by atoms with Crippen LogP contribution >= 0.6 is 22.7 Å². The Morgan fingerprint density at radius 1 is 1.00 bits per heavy atom. The summed E-state index contributed by atoms with van der Waals surface area (Å²) in [6, 6.07) is 16.7. The van der Waals surface area contributed by atoms with Crippen molar-refractivity contribution in [3.63, 3.8) is 0 Å². The molecular formula is C22H22N4O2S2. The molecule has 8 heteroatoms. The highest BCUT2D eigenvalue weighted by Crippen LogP contribution is 2.34. The molecule has 0 saturated carbocycles. The van der Waals surface area contributed by atoms with Gasteiger partial charge in [0.05, 0.1) is 23.4 Å². The molecule has 0 aliphatic carbocycles. The number of anilines is 3. The van der Waals surface area contributed by atoms with Crippen LogP contribution in [-0.2, 0) is 0 Å². The van der Waals surface area contributed by atoms with Gasteiger partial charge in [0.25, 0.3) is 5.91 Å². The number of nitrogens with one attached hydrogen (secondary N) is 2. The van der Waals surface area contributed by atoms with Crippen LogP contribution in [0.3, 0.4) is 0 Å².